The summed E-state index contributed by atoms with van der Waals surface area (Å²) in [6.45, 7) is 2.74. The van der Waals surface area contributed by atoms with Crippen molar-refractivity contribution in [1.82, 2.24) is 20.2 Å². The van der Waals surface area contributed by atoms with Crippen LogP contribution >= 0.6 is 0 Å². The molecule has 0 aliphatic carbocycles. The van der Waals surface area contributed by atoms with Crippen LogP contribution in [0.4, 0.5) is 4.79 Å². The van der Waals surface area contributed by atoms with Gasteiger partial charge in [-0.25, -0.2) is 4.79 Å². The fourth-order valence-corrected chi connectivity index (χ4v) is 2.30. The third-order valence-corrected chi connectivity index (χ3v) is 3.30. The summed E-state index contributed by atoms with van der Waals surface area (Å²) < 4.78 is 0. The SMILES string of the molecule is Cc1cnc(CNC(=O)N2CCCC2CC(=O)O)cn1. The van der Waals surface area contributed by atoms with Crippen molar-refractivity contribution in [3.63, 3.8) is 0 Å². The Morgan fingerprint density at radius 3 is 2.90 bits per heavy atom. The second-order valence-electron chi connectivity index (χ2n) is 4.90. The predicted octanol–water partition coefficient (Wildman–Crippen LogP) is 0.934. The molecule has 2 N–H and O–H groups in total. The Labute approximate surface area is 117 Å². The molecule has 108 valence electrons. The Morgan fingerprint density at radius 2 is 2.25 bits per heavy atom. The van der Waals surface area contributed by atoms with Crippen molar-refractivity contribution >= 4 is 12.0 Å². The monoisotopic (exact) mass is 278 g/mol. The van der Waals surface area contributed by atoms with Gasteiger partial charge in [0.1, 0.15) is 0 Å². The molecule has 1 fully saturated rings. The molecule has 1 aliphatic rings. The summed E-state index contributed by atoms with van der Waals surface area (Å²) in [7, 11) is 0. The van der Waals surface area contributed by atoms with E-state index in [0.717, 1.165) is 18.5 Å². The second-order valence-corrected chi connectivity index (χ2v) is 4.90. The van der Waals surface area contributed by atoms with E-state index in [2.05, 4.69) is 15.3 Å². The molecule has 20 heavy (non-hydrogen) atoms. The Bertz CT molecular complexity index is 489. The number of rotatable bonds is 4. The molecule has 1 aromatic heterocycles. The Hall–Kier alpha value is -2.18. The number of hydrogen-bond acceptors (Lipinski definition) is 4. The molecule has 0 radical (unpaired) electrons. The average Bonchev–Trinajstić information content (AvgIpc) is 2.85. The lowest BCUT2D eigenvalue weighted by Crippen LogP contribution is -2.43. The lowest BCUT2D eigenvalue weighted by atomic mass is 10.1. The average molecular weight is 278 g/mol. The molecule has 7 heteroatoms. The van der Waals surface area contributed by atoms with E-state index < -0.39 is 5.97 Å². The normalized spacial score (nSPS) is 18.1. The van der Waals surface area contributed by atoms with Crippen LogP contribution in [0.2, 0.25) is 0 Å². The number of likely N-dealkylation sites (tertiary alicyclic amines) is 1. The van der Waals surface area contributed by atoms with E-state index in [1.807, 2.05) is 6.92 Å². The highest BCUT2D eigenvalue weighted by atomic mass is 16.4. The molecule has 0 aromatic carbocycles. The highest BCUT2D eigenvalue weighted by Gasteiger charge is 2.30. The minimum absolute atomic E-state index is 0.00222. The summed E-state index contributed by atoms with van der Waals surface area (Å²) in [4.78, 5) is 32.7. The van der Waals surface area contributed by atoms with Crippen LogP contribution in [0, 0.1) is 6.92 Å². The second kappa shape index (κ2) is 6.31. The van der Waals surface area contributed by atoms with E-state index in [4.69, 9.17) is 5.11 Å². The first-order valence-corrected chi connectivity index (χ1v) is 6.60. The van der Waals surface area contributed by atoms with Gasteiger partial charge in [-0.15, -0.1) is 0 Å². The van der Waals surface area contributed by atoms with Crippen LogP contribution in [0.1, 0.15) is 30.7 Å². The summed E-state index contributed by atoms with van der Waals surface area (Å²) >= 11 is 0. The largest absolute Gasteiger partial charge is 0.481 e. The summed E-state index contributed by atoms with van der Waals surface area (Å²) in [6, 6.07) is -0.451. The van der Waals surface area contributed by atoms with Gasteiger partial charge in [-0.05, 0) is 19.8 Å². The van der Waals surface area contributed by atoms with Crippen molar-refractivity contribution in [2.24, 2.45) is 0 Å². The van der Waals surface area contributed by atoms with Gasteiger partial charge in [0.25, 0.3) is 0 Å². The molecule has 2 amide bonds. The number of carboxylic acid groups (broad SMARTS) is 1. The molecule has 1 aromatic rings. The van der Waals surface area contributed by atoms with Crippen LogP contribution in [0.15, 0.2) is 12.4 Å². The Morgan fingerprint density at radius 1 is 1.45 bits per heavy atom. The van der Waals surface area contributed by atoms with Gasteiger partial charge in [0, 0.05) is 18.8 Å². The molecule has 0 saturated carbocycles. The van der Waals surface area contributed by atoms with Gasteiger partial charge in [-0.1, -0.05) is 0 Å². The van der Waals surface area contributed by atoms with Crippen molar-refractivity contribution in [2.75, 3.05) is 6.54 Å². The van der Waals surface area contributed by atoms with Gasteiger partial charge in [0.05, 0.1) is 30.6 Å². The Kier molecular flexibility index (Phi) is 4.49. The van der Waals surface area contributed by atoms with Crippen LogP contribution in [0.5, 0.6) is 0 Å². The van der Waals surface area contributed by atoms with Crippen LogP contribution in [0.3, 0.4) is 0 Å². The number of aryl methyl sites for hydroxylation is 1. The van der Waals surface area contributed by atoms with Crippen LogP contribution in [-0.2, 0) is 11.3 Å². The highest BCUT2D eigenvalue weighted by Crippen LogP contribution is 2.20. The first-order chi connectivity index (χ1) is 9.56. The minimum Gasteiger partial charge on any atom is -0.481 e. The van der Waals surface area contributed by atoms with E-state index in [9.17, 15) is 9.59 Å². The maximum Gasteiger partial charge on any atom is 0.317 e. The number of aromatic nitrogens is 2. The number of amides is 2. The standard InChI is InChI=1S/C13H18N4O3/c1-9-6-15-10(7-14-9)8-16-13(20)17-4-2-3-11(17)5-12(18)19/h6-7,11H,2-5,8H2,1H3,(H,16,20)(H,18,19). The molecule has 7 nitrogen and oxygen atoms in total. The molecule has 1 unspecified atom stereocenters. The molecule has 2 heterocycles. The van der Waals surface area contributed by atoms with Gasteiger partial charge in [-0.2, -0.15) is 0 Å². The summed E-state index contributed by atoms with van der Waals surface area (Å²) in [5.74, 6) is -0.876. The zero-order valence-corrected chi connectivity index (χ0v) is 11.4. The van der Waals surface area contributed by atoms with Crippen molar-refractivity contribution in [3.05, 3.63) is 23.8 Å². The molecule has 1 saturated heterocycles. The highest BCUT2D eigenvalue weighted by molar-refractivity contribution is 5.76. The van der Waals surface area contributed by atoms with Gasteiger partial charge in [0.2, 0.25) is 0 Å². The van der Waals surface area contributed by atoms with E-state index in [-0.39, 0.29) is 18.5 Å². The van der Waals surface area contributed by atoms with Gasteiger partial charge in [0.15, 0.2) is 0 Å². The van der Waals surface area contributed by atoms with E-state index in [0.29, 0.717) is 18.8 Å². The van der Waals surface area contributed by atoms with E-state index in [1.165, 1.54) is 0 Å². The summed E-state index contributed by atoms with van der Waals surface area (Å²) in [6.07, 6.45) is 4.84. The molecule has 1 atom stereocenters. The van der Waals surface area contributed by atoms with Crippen LogP contribution in [-0.4, -0.2) is 44.6 Å². The van der Waals surface area contributed by atoms with E-state index in [1.54, 1.807) is 17.3 Å². The lowest BCUT2D eigenvalue weighted by Gasteiger charge is -2.23. The summed E-state index contributed by atoms with van der Waals surface area (Å²) in [5, 5.41) is 11.6. The Balaban J connectivity index is 1.87. The van der Waals surface area contributed by atoms with Gasteiger partial charge >= 0.3 is 12.0 Å². The lowest BCUT2D eigenvalue weighted by molar-refractivity contribution is -0.137. The number of aliphatic carboxylic acids is 1. The van der Waals surface area contributed by atoms with Crippen molar-refractivity contribution < 1.29 is 14.7 Å². The van der Waals surface area contributed by atoms with Crippen molar-refractivity contribution in [1.29, 1.82) is 0 Å². The maximum absolute atomic E-state index is 12.1. The molecule has 2 rings (SSSR count). The number of nitrogens with one attached hydrogen (secondary N) is 1. The number of urea groups is 1. The smallest absolute Gasteiger partial charge is 0.317 e. The number of hydrogen-bond donors (Lipinski definition) is 2. The maximum atomic E-state index is 12.1. The van der Waals surface area contributed by atoms with Crippen LogP contribution in [0.25, 0.3) is 0 Å². The quantitative estimate of drug-likeness (QED) is 0.854. The number of carbonyl (C=O) groups is 2. The van der Waals surface area contributed by atoms with Crippen LogP contribution < -0.4 is 5.32 Å². The van der Waals surface area contributed by atoms with E-state index >= 15 is 0 Å². The topological polar surface area (TPSA) is 95.4 Å². The van der Waals surface area contributed by atoms with Gasteiger partial charge in [-0.3, -0.25) is 14.8 Å². The number of carbonyl (C=O) groups excluding carboxylic acids is 1. The third kappa shape index (κ3) is 3.66. The predicted molar refractivity (Wildman–Crippen MR) is 71.0 cm³/mol. The molecule has 0 bridgehead atoms. The molecular formula is C13H18N4O3. The number of carboxylic acids is 1. The first-order valence-electron chi connectivity index (χ1n) is 6.60. The zero-order chi connectivity index (χ0) is 14.5. The van der Waals surface area contributed by atoms with Crippen molar-refractivity contribution in [2.45, 2.75) is 38.8 Å². The number of nitrogens with zero attached hydrogens (tertiary/aromatic N) is 3. The zero-order valence-electron chi connectivity index (χ0n) is 11.4. The molecule has 0 spiro atoms. The fraction of sp³-hybridized carbons (Fsp3) is 0.538. The van der Waals surface area contributed by atoms with Gasteiger partial charge < -0.3 is 15.3 Å². The molecular weight excluding hydrogens is 260 g/mol. The minimum atomic E-state index is -0.876. The van der Waals surface area contributed by atoms with Crippen molar-refractivity contribution in [3.8, 4) is 0 Å². The summed E-state index contributed by atoms with van der Waals surface area (Å²) in [5.41, 5.74) is 1.50. The fourth-order valence-electron chi connectivity index (χ4n) is 2.30. The molecule has 1 aliphatic heterocycles. The third-order valence-electron chi connectivity index (χ3n) is 3.30. The first kappa shape index (κ1) is 14.2.